The lowest BCUT2D eigenvalue weighted by atomic mass is 9.98. The average Bonchev–Trinajstić information content (AvgIpc) is 3.19. The number of amides is 1. The number of nitrogens with one attached hydrogen (secondary N) is 1. The second-order valence-corrected chi connectivity index (χ2v) is 10.2. The molecule has 2 heterocycles. The minimum Gasteiger partial charge on any atom is -0.394 e. The van der Waals surface area contributed by atoms with Crippen LogP contribution in [0.3, 0.4) is 0 Å². The molecular weight excluding hydrogens is 420 g/mol. The molecule has 0 aliphatic carbocycles. The number of carbonyl (C=O) groups excluding carboxylic acids is 1. The number of hydrogen-bond acceptors (Lipinski definition) is 8. The molecule has 11 heteroatoms. The van der Waals surface area contributed by atoms with Gasteiger partial charge in [0.1, 0.15) is 15.9 Å². The predicted molar refractivity (Wildman–Crippen MR) is 111 cm³/mol. The van der Waals surface area contributed by atoms with Crippen molar-refractivity contribution in [1.29, 1.82) is 0 Å². The molecule has 2 N–H and O–H groups in total. The zero-order valence-electron chi connectivity index (χ0n) is 15.6. The van der Waals surface area contributed by atoms with Crippen molar-refractivity contribution < 1.29 is 18.3 Å². The molecule has 154 valence electrons. The molecule has 2 atom stereocenters. The first kappa shape index (κ1) is 21.4. The van der Waals surface area contributed by atoms with Crippen molar-refractivity contribution in [3.63, 3.8) is 0 Å². The molecule has 0 radical (unpaired) electrons. The fraction of sp³-hybridized carbons (Fsp3) is 0.588. The van der Waals surface area contributed by atoms with Crippen molar-refractivity contribution in [1.82, 2.24) is 18.4 Å². The maximum Gasteiger partial charge on any atom is 0.245 e. The molecule has 1 aromatic carbocycles. The summed E-state index contributed by atoms with van der Waals surface area (Å²) in [6.45, 7) is 0.374. The van der Waals surface area contributed by atoms with Gasteiger partial charge in [-0.25, -0.2) is 8.42 Å². The van der Waals surface area contributed by atoms with Crippen LogP contribution >= 0.6 is 23.5 Å². The monoisotopic (exact) mass is 444 g/mol. The van der Waals surface area contributed by atoms with E-state index in [1.165, 1.54) is 10.4 Å². The first-order valence-electron chi connectivity index (χ1n) is 9.09. The maximum atomic E-state index is 13.2. The van der Waals surface area contributed by atoms with Crippen LogP contribution in [-0.2, 0) is 14.8 Å². The van der Waals surface area contributed by atoms with Crippen molar-refractivity contribution in [3.8, 4) is 0 Å². The van der Waals surface area contributed by atoms with Gasteiger partial charge in [-0.3, -0.25) is 4.79 Å². The molecule has 28 heavy (non-hydrogen) atoms. The number of carbonyl (C=O) groups is 1. The van der Waals surface area contributed by atoms with Gasteiger partial charge in [0.15, 0.2) is 0 Å². The third kappa shape index (κ3) is 4.65. The number of hydrogen-bond donors (Lipinski definition) is 2. The van der Waals surface area contributed by atoms with Gasteiger partial charge in [0, 0.05) is 13.1 Å². The molecule has 2 aromatic rings. The van der Waals surface area contributed by atoms with E-state index in [-0.39, 0.29) is 30.0 Å². The van der Waals surface area contributed by atoms with Crippen LogP contribution in [0, 0.1) is 5.92 Å². The Bertz CT molecular complexity index is 918. The first-order valence-corrected chi connectivity index (χ1v) is 12.7. The molecule has 1 aliphatic rings. The highest BCUT2D eigenvalue weighted by atomic mass is 32.2. The van der Waals surface area contributed by atoms with E-state index in [4.69, 9.17) is 0 Å². The average molecular weight is 445 g/mol. The SMILES string of the molecule is CSCCC(CO)NC(=O)C1CCCN(S(=O)(=O)c2cccc3nsnc23)C1. The maximum absolute atomic E-state index is 13.2. The van der Waals surface area contributed by atoms with Gasteiger partial charge in [-0.2, -0.15) is 24.8 Å². The number of rotatable bonds is 8. The summed E-state index contributed by atoms with van der Waals surface area (Å²) in [7, 11) is -3.77. The highest BCUT2D eigenvalue weighted by Gasteiger charge is 2.35. The van der Waals surface area contributed by atoms with E-state index in [0.717, 1.165) is 17.5 Å². The predicted octanol–water partition coefficient (Wildman–Crippen LogP) is 1.32. The van der Waals surface area contributed by atoms with Gasteiger partial charge in [-0.05, 0) is 43.4 Å². The van der Waals surface area contributed by atoms with E-state index in [2.05, 4.69) is 14.1 Å². The fourth-order valence-electron chi connectivity index (χ4n) is 3.29. The standard InChI is InChI=1S/C17H24N4O4S3/c1-26-9-7-13(11-22)18-17(23)12-4-3-8-21(10-12)28(24,25)15-6-2-5-14-16(15)20-27-19-14/h2,5-6,12-13,22H,3-4,7-11H2,1H3,(H,18,23). The quantitative estimate of drug-likeness (QED) is 0.631. The molecule has 1 fully saturated rings. The van der Waals surface area contributed by atoms with Crippen molar-refractivity contribution in [3.05, 3.63) is 18.2 Å². The second-order valence-electron chi connectivity index (χ2n) is 6.76. The van der Waals surface area contributed by atoms with Crippen LogP contribution in [0.4, 0.5) is 0 Å². The summed E-state index contributed by atoms with van der Waals surface area (Å²) in [6, 6.07) is 4.62. The fourth-order valence-corrected chi connectivity index (χ4v) is 6.09. The summed E-state index contributed by atoms with van der Waals surface area (Å²) in [4.78, 5) is 12.8. The summed E-state index contributed by atoms with van der Waals surface area (Å²) >= 11 is 2.63. The number of benzene rings is 1. The smallest absolute Gasteiger partial charge is 0.245 e. The molecule has 1 aliphatic heterocycles. The summed E-state index contributed by atoms with van der Waals surface area (Å²) in [6.07, 6.45) is 3.88. The Morgan fingerprint density at radius 2 is 2.29 bits per heavy atom. The summed E-state index contributed by atoms with van der Waals surface area (Å²) < 4.78 is 36.0. The Balaban J connectivity index is 1.73. The molecule has 0 bridgehead atoms. The van der Waals surface area contributed by atoms with E-state index in [0.29, 0.717) is 36.8 Å². The van der Waals surface area contributed by atoms with Gasteiger partial charge in [-0.1, -0.05) is 6.07 Å². The third-order valence-electron chi connectivity index (χ3n) is 4.86. The molecule has 1 amide bonds. The van der Waals surface area contributed by atoms with Crippen LogP contribution in [0.5, 0.6) is 0 Å². The van der Waals surface area contributed by atoms with E-state index < -0.39 is 15.9 Å². The number of nitrogens with zero attached hydrogens (tertiary/aromatic N) is 3. The number of fused-ring (bicyclic) bond motifs is 1. The number of aliphatic hydroxyl groups is 1. The van der Waals surface area contributed by atoms with Gasteiger partial charge in [0.05, 0.1) is 30.3 Å². The van der Waals surface area contributed by atoms with Gasteiger partial charge in [-0.15, -0.1) is 0 Å². The van der Waals surface area contributed by atoms with Gasteiger partial charge in [0.2, 0.25) is 15.9 Å². The summed E-state index contributed by atoms with van der Waals surface area (Å²) in [5, 5.41) is 12.3. The molecule has 3 rings (SSSR count). The number of aromatic nitrogens is 2. The third-order valence-corrected chi connectivity index (χ3v) is 7.94. The van der Waals surface area contributed by atoms with Gasteiger partial charge < -0.3 is 10.4 Å². The normalized spacial score (nSPS) is 19.6. The largest absolute Gasteiger partial charge is 0.394 e. The van der Waals surface area contributed by atoms with Crippen LogP contribution < -0.4 is 5.32 Å². The van der Waals surface area contributed by atoms with E-state index >= 15 is 0 Å². The highest BCUT2D eigenvalue weighted by molar-refractivity contribution is 7.98. The Morgan fingerprint density at radius 3 is 3.04 bits per heavy atom. The Labute approximate surface area is 173 Å². The minimum atomic E-state index is -3.77. The van der Waals surface area contributed by atoms with Crippen molar-refractivity contribution >= 4 is 50.5 Å². The summed E-state index contributed by atoms with van der Waals surface area (Å²) in [5.74, 6) is 0.204. The van der Waals surface area contributed by atoms with Crippen LogP contribution in [0.15, 0.2) is 23.1 Å². The second kappa shape index (κ2) is 9.49. The minimum absolute atomic E-state index is 0.125. The molecule has 2 unspecified atom stereocenters. The Kier molecular flexibility index (Phi) is 7.26. The topological polar surface area (TPSA) is 112 Å². The lowest BCUT2D eigenvalue weighted by Gasteiger charge is -2.32. The van der Waals surface area contributed by atoms with Crippen molar-refractivity contribution in [2.24, 2.45) is 5.92 Å². The van der Waals surface area contributed by atoms with Gasteiger partial charge >= 0.3 is 0 Å². The molecule has 1 aromatic heterocycles. The number of sulfonamides is 1. The van der Waals surface area contributed by atoms with E-state index in [1.807, 2.05) is 6.26 Å². The summed E-state index contributed by atoms with van der Waals surface area (Å²) in [5.41, 5.74) is 0.924. The molecule has 1 saturated heterocycles. The van der Waals surface area contributed by atoms with Crippen LogP contribution in [-0.4, -0.2) is 70.2 Å². The number of piperidine rings is 1. The zero-order chi connectivity index (χ0) is 20.1. The molecule has 0 spiro atoms. The van der Waals surface area contributed by atoms with Gasteiger partial charge in [0.25, 0.3) is 0 Å². The zero-order valence-corrected chi connectivity index (χ0v) is 18.0. The lowest BCUT2D eigenvalue weighted by Crippen LogP contribution is -2.48. The molecule has 0 saturated carbocycles. The lowest BCUT2D eigenvalue weighted by molar-refractivity contribution is -0.127. The number of thioether (sulfide) groups is 1. The first-order chi connectivity index (χ1) is 13.5. The Morgan fingerprint density at radius 1 is 1.46 bits per heavy atom. The van der Waals surface area contributed by atoms with Crippen molar-refractivity contribution in [2.75, 3.05) is 31.7 Å². The van der Waals surface area contributed by atoms with Crippen LogP contribution in [0.25, 0.3) is 11.0 Å². The highest BCUT2D eigenvalue weighted by Crippen LogP contribution is 2.28. The molecular formula is C17H24N4O4S3. The van der Waals surface area contributed by atoms with Crippen LogP contribution in [0.1, 0.15) is 19.3 Å². The number of aliphatic hydroxyl groups excluding tert-OH is 1. The van der Waals surface area contributed by atoms with Crippen LogP contribution in [0.2, 0.25) is 0 Å². The molecule has 8 nitrogen and oxygen atoms in total. The Hall–Kier alpha value is -1.27. The van der Waals surface area contributed by atoms with E-state index in [9.17, 15) is 18.3 Å². The van der Waals surface area contributed by atoms with E-state index in [1.54, 1.807) is 23.9 Å². The van der Waals surface area contributed by atoms with Crippen molar-refractivity contribution in [2.45, 2.75) is 30.2 Å².